The van der Waals surface area contributed by atoms with Crippen LogP contribution in [0.1, 0.15) is 203 Å². The minimum Gasteiger partial charge on any atom is -0.744 e. The fourth-order valence-corrected chi connectivity index (χ4v) is 21.3. The number of hydrogen-bond acceptors (Lipinski definition) is 17. The molecule has 0 aromatic heterocycles. The maximum Gasteiger partial charge on any atom is 1.00 e. The number of fused-ring (bicyclic) bond motifs is 2. The van der Waals surface area contributed by atoms with Crippen molar-refractivity contribution in [3.05, 3.63) is 263 Å². The third kappa shape index (κ3) is 30.4. The predicted molar refractivity (Wildman–Crippen MR) is 468 cm³/mol. The molecule has 0 bridgehead atoms. The second-order valence-electron chi connectivity index (χ2n) is 33.1. The molecule has 0 radical (unpaired) electrons. The fraction of sp³-hybridized carbons (Fsp3) is 0.368. The summed E-state index contributed by atoms with van der Waals surface area (Å²) in [5.41, 5.74) is 7.32. The summed E-state index contributed by atoms with van der Waals surface area (Å²) in [6.45, 7) is 20.4. The Bertz CT molecular complexity index is 4860. The zero-order valence-corrected chi connectivity index (χ0v) is 85.8. The van der Waals surface area contributed by atoms with Gasteiger partial charge < -0.3 is 41.9 Å². The van der Waals surface area contributed by atoms with Gasteiger partial charge in [-0.1, -0.05) is 216 Å². The molecule has 0 unspecified atom stereocenters. The number of ether oxygens (including phenoxy) is 5. The van der Waals surface area contributed by atoms with E-state index in [4.69, 9.17) is 23.7 Å². The Morgan fingerprint density at radius 3 is 0.697 bits per heavy atom. The number of rotatable bonds is 42. The molecule has 122 heavy (non-hydrogen) atoms. The van der Waals surface area contributed by atoms with Crippen LogP contribution in [-0.2, 0) is 82.4 Å². The zero-order chi connectivity index (χ0) is 84.5. The van der Waals surface area contributed by atoms with Crippen LogP contribution in [0.5, 0.6) is 34.5 Å². The van der Waals surface area contributed by atoms with Crippen molar-refractivity contribution < 1.29 is 194 Å². The van der Waals surface area contributed by atoms with E-state index in [-0.39, 0.29) is 149 Å². The first-order valence-corrected chi connectivity index (χ1v) is 49.1. The third-order valence-corrected chi connectivity index (χ3v) is 29.9. The average Bonchev–Trinajstić information content (AvgIpc) is 0.710. The molecule has 0 amide bonds. The SMILES string of the molecule is CC(C)(C)c1cc(P(c2ccc(OCCCCCCc3ccc(S(=O)(=O)[O-])cc3)cc2)c2ccc(OCCCCCCc3ccc(S(=O)(=O)[O-])cc3)cc2)c2c(c1)C(C)(C)c1cc(C(C)(C)C)cc(P(c3ccc(OCCCCCCc4ccc(S(=O)(=O)[O-])cc4)cc3)c3ccc(OCCCCCCc4ccc(S(=O)(=O)[O-])cc4)cc3)c1O2.[Na+].[Na+].[Na+].[Na+]. The summed E-state index contributed by atoms with van der Waals surface area (Å²) in [5, 5.41) is 6.55. The van der Waals surface area contributed by atoms with E-state index < -0.39 is 61.7 Å². The summed E-state index contributed by atoms with van der Waals surface area (Å²) in [5.74, 6) is 4.69. The Morgan fingerprint density at radius 1 is 0.295 bits per heavy atom. The number of hydrogen-bond donors (Lipinski definition) is 0. The van der Waals surface area contributed by atoms with Crippen molar-refractivity contribution in [2.75, 3.05) is 26.4 Å². The van der Waals surface area contributed by atoms with E-state index in [9.17, 15) is 51.9 Å². The van der Waals surface area contributed by atoms with Crippen LogP contribution in [0.4, 0.5) is 0 Å². The predicted octanol–water partition coefficient (Wildman–Crippen LogP) is 6.59. The zero-order valence-electron chi connectivity index (χ0n) is 72.7. The summed E-state index contributed by atoms with van der Waals surface area (Å²) >= 11 is 0. The molecule has 11 rings (SSSR count). The molecular weight excluding hydrogens is 1700 g/mol. The van der Waals surface area contributed by atoms with Crippen molar-refractivity contribution in [2.45, 2.75) is 220 Å². The average molecular weight is 1800 g/mol. The minimum absolute atomic E-state index is 0. The first-order valence-electron chi connectivity index (χ1n) is 40.8. The van der Waals surface area contributed by atoms with Crippen molar-refractivity contribution >= 4 is 88.1 Å². The molecule has 0 saturated carbocycles. The summed E-state index contributed by atoms with van der Waals surface area (Å²) in [6.07, 6.45) is 17.7. The van der Waals surface area contributed by atoms with Gasteiger partial charge in [-0.25, -0.2) is 33.7 Å². The van der Waals surface area contributed by atoms with Crippen LogP contribution in [-0.4, -0.2) is 78.3 Å². The largest absolute Gasteiger partial charge is 1.00 e. The van der Waals surface area contributed by atoms with E-state index in [1.807, 2.05) is 0 Å². The van der Waals surface area contributed by atoms with Gasteiger partial charge in [0.05, 0.1) is 46.0 Å². The maximum atomic E-state index is 11.5. The summed E-state index contributed by atoms with van der Waals surface area (Å²) < 4.78 is 172. The van der Waals surface area contributed by atoms with Crippen LogP contribution >= 0.6 is 15.8 Å². The molecule has 0 saturated heterocycles. The molecule has 17 nitrogen and oxygen atoms in total. The summed E-state index contributed by atoms with van der Waals surface area (Å²) in [4.78, 5) is -0.898. The van der Waals surface area contributed by atoms with Crippen LogP contribution < -0.4 is 174 Å². The molecule has 10 aromatic carbocycles. The normalized spacial score (nSPS) is 12.7. The minimum atomic E-state index is -4.50. The Balaban J connectivity index is 0.00000512. The van der Waals surface area contributed by atoms with Gasteiger partial charge in [-0.15, -0.1) is 0 Å². The smallest absolute Gasteiger partial charge is 0.744 e. The molecule has 628 valence electrons. The van der Waals surface area contributed by atoms with Crippen molar-refractivity contribution in [1.29, 1.82) is 0 Å². The molecular formula is C95H108Na4O17P2S4. The summed E-state index contributed by atoms with van der Waals surface area (Å²) in [7, 11) is -20.8. The maximum absolute atomic E-state index is 11.5. The van der Waals surface area contributed by atoms with Gasteiger partial charge in [0.2, 0.25) is 0 Å². The molecule has 10 aromatic rings. The molecule has 1 aliphatic heterocycles. The molecule has 0 atom stereocenters. The molecule has 0 spiro atoms. The number of benzene rings is 10. The Hall–Kier alpha value is -4.30. The van der Waals surface area contributed by atoms with Crippen LogP contribution in [0, 0.1) is 0 Å². The third-order valence-electron chi connectivity index (χ3n) is 21.6. The second kappa shape index (κ2) is 47.8. The van der Waals surface area contributed by atoms with Gasteiger partial charge in [0.25, 0.3) is 0 Å². The van der Waals surface area contributed by atoms with E-state index in [2.05, 4.69) is 177 Å². The van der Waals surface area contributed by atoms with Crippen molar-refractivity contribution in [2.24, 2.45) is 0 Å². The van der Waals surface area contributed by atoms with Gasteiger partial charge >= 0.3 is 118 Å². The van der Waals surface area contributed by atoms with Gasteiger partial charge in [0.15, 0.2) is 0 Å². The van der Waals surface area contributed by atoms with Gasteiger partial charge in [-0.3, -0.25) is 0 Å². The second-order valence-corrected chi connectivity index (χ2v) is 43.0. The van der Waals surface area contributed by atoms with E-state index in [0.717, 1.165) is 228 Å². The van der Waals surface area contributed by atoms with E-state index >= 15 is 0 Å². The quantitative estimate of drug-likeness (QED) is 0.0169. The van der Waals surface area contributed by atoms with Gasteiger partial charge in [-0.05, 0) is 268 Å². The van der Waals surface area contributed by atoms with Crippen LogP contribution in [0.2, 0.25) is 0 Å². The summed E-state index contributed by atoms with van der Waals surface area (Å²) in [6, 6.07) is 68.3. The van der Waals surface area contributed by atoms with Crippen molar-refractivity contribution in [3.8, 4) is 34.5 Å². The standard InChI is InChI=1S/C95H112O17P2S4.4Na/c1-93(2,3)73-65-87-91(89(67-73)113(79-45-37-75(38-46-79)108-61-21-13-9-17-25-69-29-53-83(54-30-69)115(96,97)98)80-47-39-76(40-48-80)109-62-22-14-10-18-26-70-31-55-84(56-32-70)116(99,100)101)112-92-88(95(87,7)8)66-74(94(4,5)6)68-90(92)114(81-49-41-77(42-50-81)110-63-23-15-11-19-27-71-33-57-85(58-34-71)117(102,103)104)82-51-43-78(44-52-82)111-64-24-16-12-20-28-72-35-59-86(60-36-72)118(105,106)107;;;;/h29-60,65-68H,9-28,61-64H2,1-8H3,(H,96,97,98)(H,99,100,101)(H,102,103,104)(H,105,106,107);;;;/q;4*+1/p-4. The van der Waals surface area contributed by atoms with E-state index in [0.29, 0.717) is 26.4 Å². The Labute approximate surface area is 815 Å². The van der Waals surface area contributed by atoms with Gasteiger partial charge in [-0.2, -0.15) is 0 Å². The molecule has 0 aliphatic carbocycles. The monoisotopic (exact) mass is 1800 g/mol. The van der Waals surface area contributed by atoms with Crippen molar-refractivity contribution in [3.63, 3.8) is 0 Å². The molecule has 0 N–H and O–H groups in total. The molecule has 27 heteroatoms. The topological polar surface area (TPSA) is 275 Å². The first kappa shape index (κ1) is 105. The Kier molecular flexibility index (Phi) is 41.1. The van der Waals surface area contributed by atoms with E-state index in [1.54, 1.807) is 48.5 Å². The van der Waals surface area contributed by atoms with Crippen LogP contribution in [0.15, 0.2) is 238 Å². The van der Waals surface area contributed by atoms with Crippen molar-refractivity contribution in [1.82, 2.24) is 0 Å². The first-order chi connectivity index (χ1) is 56.1. The van der Waals surface area contributed by atoms with E-state index in [1.165, 1.54) is 59.7 Å². The molecule has 0 fully saturated rings. The fourth-order valence-electron chi connectivity index (χ4n) is 14.6. The molecule has 1 aliphatic rings. The van der Waals surface area contributed by atoms with Gasteiger partial charge in [0, 0.05) is 27.2 Å². The number of aryl methyl sites for hydroxylation is 4. The Morgan fingerprint density at radius 2 is 0.500 bits per heavy atom. The van der Waals surface area contributed by atoms with Gasteiger partial charge in [0.1, 0.15) is 75.0 Å². The van der Waals surface area contributed by atoms with Crippen LogP contribution in [0.3, 0.4) is 0 Å². The molecule has 1 heterocycles. The number of unbranched alkanes of at least 4 members (excludes halogenated alkanes) is 12. The van der Waals surface area contributed by atoms with Crippen LogP contribution in [0.25, 0.3) is 0 Å².